The van der Waals surface area contributed by atoms with Crippen LogP contribution >= 0.6 is 0 Å². The topological polar surface area (TPSA) is 20.2 Å². The highest BCUT2D eigenvalue weighted by atomic mass is 19.1. The van der Waals surface area contributed by atoms with Crippen molar-refractivity contribution in [1.29, 1.82) is 0 Å². The van der Waals surface area contributed by atoms with Crippen molar-refractivity contribution in [2.75, 3.05) is 0 Å². The molecular weight excluding hydrogens is 186 g/mol. The summed E-state index contributed by atoms with van der Waals surface area (Å²) in [6, 6.07) is 2.21. The number of benzene rings is 1. The summed E-state index contributed by atoms with van der Waals surface area (Å²) in [4.78, 5) is 0. The molecule has 1 aromatic carbocycles. The van der Waals surface area contributed by atoms with Crippen LogP contribution in [0.25, 0.3) is 0 Å². The van der Waals surface area contributed by atoms with Crippen molar-refractivity contribution >= 4 is 0 Å². The van der Waals surface area contributed by atoms with Crippen LogP contribution < -0.4 is 0 Å². The highest BCUT2D eigenvalue weighted by molar-refractivity contribution is 5.30. The summed E-state index contributed by atoms with van der Waals surface area (Å²) >= 11 is 0. The van der Waals surface area contributed by atoms with Crippen molar-refractivity contribution in [2.24, 2.45) is 0 Å². The van der Waals surface area contributed by atoms with Gasteiger partial charge in [0.1, 0.15) is 11.6 Å². The van der Waals surface area contributed by atoms with Gasteiger partial charge in [-0.3, -0.25) is 0 Å². The van der Waals surface area contributed by atoms with Crippen LogP contribution in [0, 0.1) is 11.6 Å². The summed E-state index contributed by atoms with van der Waals surface area (Å²) < 4.78 is 26.7. The van der Waals surface area contributed by atoms with Gasteiger partial charge in [0, 0.05) is 5.56 Å². The SMILES string of the molecule is CC(C)(C)c1cc(F)c(CO)cc1F. The Bertz CT molecular complexity index is 340. The van der Waals surface area contributed by atoms with Crippen LogP contribution in [0.5, 0.6) is 0 Å². The lowest BCUT2D eigenvalue weighted by molar-refractivity contribution is 0.274. The fraction of sp³-hybridized carbons (Fsp3) is 0.455. The molecule has 0 aromatic heterocycles. The highest BCUT2D eigenvalue weighted by Gasteiger charge is 2.20. The summed E-state index contributed by atoms with van der Waals surface area (Å²) in [5, 5.41) is 8.73. The molecule has 0 aliphatic carbocycles. The summed E-state index contributed by atoms with van der Waals surface area (Å²) in [6.07, 6.45) is 0. The Morgan fingerprint density at radius 2 is 1.71 bits per heavy atom. The monoisotopic (exact) mass is 200 g/mol. The first-order valence-electron chi connectivity index (χ1n) is 4.45. The third-order valence-corrected chi connectivity index (χ3v) is 2.11. The van der Waals surface area contributed by atoms with Crippen LogP contribution in [0.4, 0.5) is 8.78 Å². The van der Waals surface area contributed by atoms with E-state index in [-0.39, 0.29) is 5.56 Å². The van der Waals surface area contributed by atoms with Crippen LogP contribution in [-0.4, -0.2) is 5.11 Å². The Labute approximate surface area is 82.4 Å². The van der Waals surface area contributed by atoms with Gasteiger partial charge in [0.15, 0.2) is 0 Å². The van der Waals surface area contributed by atoms with Crippen LogP contribution in [0.1, 0.15) is 31.9 Å². The van der Waals surface area contributed by atoms with E-state index in [1.54, 1.807) is 0 Å². The molecule has 1 aromatic rings. The summed E-state index contributed by atoms with van der Waals surface area (Å²) in [5.41, 5.74) is -0.110. The molecule has 14 heavy (non-hydrogen) atoms. The number of hydrogen-bond acceptors (Lipinski definition) is 1. The first-order valence-corrected chi connectivity index (χ1v) is 4.45. The molecule has 0 bridgehead atoms. The largest absolute Gasteiger partial charge is 0.392 e. The number of hydrogen-bond donors (Lipinski definition) is 1. The van der Waals surface area contributed by atoms with E-state index in [4.69, 9.17) is 5.11 Å². The number of halogens is 2. The van der Waals surface area contributed by atoms with Crippen LogP contribution in [0.15, 0.2) is 12.1 Å². The maximum atomic E-state index is 13.4. The van der Waals surface area contributed by atoms with Crippen molar-refractivity contribution in [3.05, 3.63) is 34.9 Å². The van der Waals surface area contributed by atoms with E-state index in [0.717, 1.165) is 12.1 Å². The lowest BCUT2D eigenvalue weighted by atomic mass is 9.86. The van der Waals surface area contributed by atoms with E-state index in [2.05, 4.69) is 0 Å². The molecule has 1 nitrogen and oxygen atoms in total. The highest BCUT2D eigenvalue weighted by Crippen LogP contribution is 2.27. The first kappa shape index (κ1) is 11.1. The van der Waals surface area contributed by atoms with Gasteiger partial charge in [-0.2, -0.15) is 0 Å². The Balaban J connectivity index is 3.29. The third kappa shape index (κ3) is 2.10. The van der Waals surface area contributed by atoms with Crippen LogP contribution in [0.3, 0.4) is 0 Å². The second kappa shape index (κ2) is 3.65. The summed E-state index contributed by atoms with van der Waals surface area (Å²) in [6.45, 7) is 4.95. The molecule has 0 aliphatic heterocycles. The molecule has 0 saturated carbocycles. The molecule has 1 rings (SSSR count). The maximum absolute atomic E-state index is 13.4. The third-order valence-electron chi connectivity index (χ3n) is 2.11. The smallest absolute Gasteiger partial charge is 0.129 e. The van der Waals surface area contributed by atoms with Gasteiger partial charge in [-0.15, -0.1) is 0 Å². The molecule has 0 saturated heterocycles. The second-order valence-corrected chi connectivity index (χ2v) is 4.33. The fourth-order valence-corrected chi connectivity index (χ4v) is 1.28. The minimum atomic E-state index is -0.557. The molecule has 0 atom stereocenters. The van der Waals surface area contributed by atoms with Gasteiger partial charge in [-0.25, -0.2) is 8.78 Å². The van der Waals surface area contributed by atoms with E-state index in [9.17, 15) is 8.78 Å². The zero-order valence-corrected chi connectivity index (χ0v) is 8.56. The normalized spacial score (nSPS) is 11.9. The average molecular weight is 200 g/mol. The summed E-state index contributed by atoms with van der Waals surface area (Å²) in [7, 11) is 0. The van der Waals surface area contributed by atoms with E-state index in [0.29, 0.717) is 5.56 Å². The predicted molar refractivity (Wildman–Crippen MR) is 51.0 cm³/mol. The van der Waals surface area contributed by atoms with Crippen molar-refractivity contribution < 1.29 is 13.9 Å². The molecular formula is C11H14F2O. The van der Waals surface area contributed by atoms with Gasteiger partial charge < -0.3 is 5.11 Å². The Morgan fingerprint density at radius 1 is 1.14 bits per heavy atom. The Kier molecular flexibility index (Phi) is 2.90. The second-order valence-electron chi connectivity index (χ2n) is 4.33. The van der Waals surface area contributed by atoms with Gasteiger partial charge in [0.2, 0.25) is 0 Å². The molecule has 1 N–H and O–H groups in total. The minimum absolute atomic E-state index is 0.00417. The zero-order chi connectivity index (χ0) is 10.9. The van der Waals surface area contributed by atoms with Crippen molar-refractivity contribution in [2.45, 2.75) is 32.8 Å². The number of aliphatic hydroxyl groups is 1. The zero-order valence-electron chi connectivity index (χ0n) is 8.56. The van der Waals surface area contributed by atoms with Crippen molar-refractivity contribution in [1.82, 2.24) is 0 Å². The van der Waals surface area contributed by atoms with Crippen molar-refractivity contribution in [3.8, 4) is 0 Å². The molecule has 0 spiro atoms. The van der Waals surface area contributed by atoms with Gasteiger partial charge in [-0.05, 0) is 23.1 Å². The van der Waals surface area contributed by atoms with E-state index in [1.807, 2.05) is 20.8 Å². The standard InChI is InChI=1S/C11H14F2O/c1-11(2,3)8-5-9(12)7(6-14)4-10(8)13/h4-5,14H,6H2,1-3H3. The number of rotatable bonds is 1. The van der Waals surface area contributed by atoms with E-state index >= 15 is 0 Å². The average Bonchev–Trinajstić information content (AvgIpc) is 2.06. The van der Waals surface area contributed by atoms with Gasteiger partial charge in [0.25, 0.3) is 0 Å². The maximum Gasteiger partial charge on any atom is 0.129 e. The lowest BCUT2D eigenvalue weighted by Crippen LogP contribution is -2.14. The Hall–Kier alpha value is -0.960. The summed E-state index contributed by atoms with van der Waals surface area (Å²) in [5.74, 6) is -1.03. The minimum Gasteiger partial charge on any atom is -0.392 e. The quantitative estimate of drug-likeness (QED) is 0.739. The Morgan fingerprint density at radius 3 is 2.14 bits per heavy atom. The molecule has 0 fully saturated rings. The fourth-order valence-electron chi connectivity index (χ4n) is 1.28. The molecule has 0 unspecified atom stereocenters. The van der Waals surface area contributed by atoms with Gasteiger partial charge in [0.05, 0.1) is 6.61 Å². The van der Waals surface area contributed by atoms with Gasteiger partial charge in [-0.1, -0.05) is 20.8 Å². The molecule has 0 aliphatic rings. The molecule has 3 heteroatoms. The molecule has 0 heterocycles. The van der Waals surface area contributed by atoms with Gasteiger partial charge >= 0.3 is 0 Å². The molecule has 78 valence electrons. The first-order chi connectivity index (χ1) is 6.36. The molecule has 0 amide bonds. The van der Waals surface area contributed by atoms with Crippen molar-refractivity contribution in [3.63, 3.8) is 0 Å². The predicted octanol–water partition coefficient (Wildman–Crippen LogP) is 2.75. The van der Waals surface area contributed by atoms with E-state index < -0.39 is 23.7 Å². The van der Waals surface area contributed by atoms with E-state index in [1.165, 1.54) is 0 Å². The van der Waals surface area contributed by atoms with Crippen LogP contribution in [-0.2, 0) is 12.0 Å². The lowest BCUT2D eigenvalue weighted by Gasteiger charge is -2.20. The number of aliphatic hydroxyl groups excluding tert-OH is 1. The molecule has 0 radical (unpaired) electrons. The van der Waals surface area contributed by atoms with Crippen LogP contribution in [0.2, 0.25) is 0 Å².